The number of hydrogen-bond donors (Lipinski definition) is 1. The standard InChI is InChI=1S/C21H26N4O3/c1-4-24(5-2)20(26)15-25-14-17(18-8-6-7-9-19(18)25)12-16(13-22)21(27)23-10-11-28-3/h6-9,12,14H,4-5,10-11,15H2,1-3H3,(H,23,27)/b16-12+. The number of hydrogen-bond acceptors (Lipinski definition) is 4. The first kappa shape index (κ1) is 21.2. The number of methoxy groups -OCH3 is 1. The lowest BCUT2D eigenvalue weighted by Gasteiger charge is -2.19. The van der Waals surface area contributed by atoms with Crippen molar-refractivity contribution in [3.8, 4) is 6.07 Å². The fourth-order valence-corrected chi connectivity index (χ4v) is 3.01. The monoisotopic (exact) mass is 382 g/mol. The second kappa shape index (κ2) is 10.3. The Labute approximate surface area is 165 Å². The molecule has 0 atom stereocenters. The summed E-state index contributed by atoms with van der Waals surface area (Å²) in [4.78, 5) is 26.5. The van der Waals surface area contributed by atoms with Gasteiger partial charge in [0.2, 0.25) is 5.91 Å². The number of carbonyl (C=O) groups excluding carboxylic acids is 2. The minimum Gasteiger partial charge on any atom is -0.383 e. The smallest absolute Gasteiger partial charge is 0.262 e. The van der Waals surface area contributed by atoms with Crippen molar-refractivity contribution in [2.75, 3.05) is 33.4 Å². The van der Waals surface area contributed by atoms with Crippen LogP contribution >= 0.6 is 0 Å². The first-order valence-corrected chi connectivity index (χ1v) is 9.30. The third kappa shape index (κ3) is 4.99. The molecule has 0 saturated carbocycles. The van der Waals surface area contributed by atoms with Crippen LogP contribution in [-0.4, -0.2) is 54.6 Å². The zero-order chi connectivity index (χ0) is 20.5. The van der Waals surface area contributed by atoms with Gasteiger partial charge in [-0.2, -0.15) is 5.26 Å². The SMILES string of the molecule is CCN(CC)C(=O)Cn1cc(/C=C(\C#N)C(=O)NCCOC)c2ccccc21. The molecule has 0 saturated heterocycles. The van der Waals surface area contributed by atoms with Gasteiger partial charge in [-0.15, -0.1) is 0 Å². The van der Waals surface area contributed by atoms with Crippen molar-refractivity contribution in [2.24, 2.45) is 0 Å². The van der Waals surface area contributed by atoms with Gasteiger partial charge in [-0.3, -0.25) is 9.59 Å². The summed E-state index contributed by atoms with van der Waals surface area (Å²) in [5.74, 6) is -0.422. The minimum atomic E-state index is -0.449. The van der Waals surface area contributed by atoms with Crippen LogP contribution in [0.25, 0.3) is 17.0 Å². The molecule has 7 nitrogen and oxygen atoms in total. The zero-order valence-corrected chi connectivity index (χ0v) is 16.6. The Kier molecular flexibility index (Phi) is 7.78. The highest BCUT2D eigenvalue weighted by molar-refractivity contribution is 6.04. The minimum absolute atomic E-state index is 0.00840. The highest BCUT2D eigenvalue weighted by Crippen LogP contribution is 2.24. The average molecular weight is 382 g/mol. The van der Waals surface area contributed by atoms with Crippen LogP contribution in [0.15, 0.2) is 36.0 Å². The van der Waals surface area contributed by atoms with E-state index >= 15 is 0 Å². The Morgan fingerprint density at radius 1 is 1.29 bits per heavy atom. The normalized spacial score (nSPS) is 11.3. The molecular weight excluding hydrogens is 356 g/mol. The van der Waals surface area contributed by atoms with Gasteiger partial charge in [-0.1, -0.05) is 18.2 Å². The van der Waals surface area contributed by atoms with Gasteiger partial charge in [-0.25, -0.2) is 0 Å². The summed E-state index contributed by atoms with van der Waals surface area (Å²) in [6.45, 7) is 6.11. The van der Waals surface area contributed by atoms with Gasteiger partial charge in [0, 0.05) is 49.4 Å². The molecule has 0 aliphatic heterocycles. The maximum absolute atomic E-state index is 12.5. The second-order valence-electron chi connectivity index (χ2n) is 6.21. The van der Waals surface area contributed by atoms with Crippen LogP contribution in [0.5, 0.6) is 0 Å². The highest BCUT2D eigenvalue weighted by Gasteiger charge is 2.15. The van der Waals surface area contributed by atoms with Gasteiger partial charge >= 0.3 is 0 Å². The summed E-state index contributed by atoms with van der Waals surface area (Å²) in [5.41, 5.74) is 1.61. The molecule has 0 aliphatic carbocycles. The van der Waals surface area contributed by atoms with Crippen LogP contribution in [0.4, 0.5) is 0 Å². The Bertz CT molecular complexity index is 904. The Balaban J connectivity index is 2.36. The number of nitrogens with zero attached hydrogens (tertiary/aromatic N) is 3. The molecule has 1 N–H and O–H groups in total. The van der Waals surface area contributed by atoms with E-state index in [1.807, 2.05) is 54.9 Å². The number of rotatable bonds is 9. The number of nitriles is 1. The second-order valence-corrected chi connectivity index (χ2v) is 6.21. The molecule has 1 heterocycles. The molecule has 0 spiro atoms. The molecule has 0 aliphatic rings. The van der Waals surface area contributed by atoms with Crippen LogP contribution in [-0.2, 0) is 20.9 Å². The molecule has 2 rings (SSSR count). The van der Waals surface area contributed by atoms with E-state index in [2.05, 4.69) is 5.32 Å². The Morgan fingerprint density at radius 3 is 2.64 bits per heavy atom. The van der Waals surface area contributed by atoms with Gasteiger partial charge in [0.1, 0.15) is 18.2 Å². The van der Waals surface area contributed by atoms with Crippen molar-refractivity contribution < 1.29 is 14.3 Å². The lowest BCUT2D eigenvalue weighted by molar-refractivity contribution is -0.131. The molecule has 28 heavy (non-hydrogen) atoms. The lowest BCUT2D eigenvalue weighted by Crippen LogP contribution is -2.33. The topological polar surface area (TPSA) is 87.4 Å². The van der Waals surface area contributed by atoms with Gasteiger partial charge in [0.15, 0.2) is 0 Å². The number of para-hydroxylation sites is 1. The quantitative estimate of drug-likeness (QED) is 0.409. The molecule has 1 aromatic carbocycles. The summed E-state index contributed by atoms with van der Waals surface area (Å²) >= 11 is 0. The maximum Gasteiger partial charge on any atom is 0.262 e. The predicted molar refractivity (Wildman–Crippen MR) is 108 cm³/mol. The fraction of sp³-hybridized carbons (Fsp3) is 0.381. The molecule has 7 heteroatoms. The van der Waals surface area contributed by atoms with E-state index in [-0.39, 0.29) is 18.0 Å². The summed E-state index contributed by atoms with van der Waals surface area (Å²) in [7, 11) is 1.54. The van der Waals surface area contributed by atoms with Crippen LogP contribution in [0, 0.1) is 11.3 Å². The van der Waals surface area contributed by atoms with E-state index in [9.17, 15) is 14.9 Å². The van der Waals surface area contributed by atoms with Crippen molar-refractivity contribution in [3.05, 3.63) is 41.6 Å². The van der Waals surface area contributed by atoms with Crippen LogP contribution in [0.3, 0.4) is 0 Å². The van der Waals surface area contributed by atoms with Gasteiger partial charge < -0.3 is 19.5 Å². The van der Waals surface area contributed by atoms with Crippen molar-refractivity contribution in [3.63, 3.8) is 0 Å². The van der Waals surface area contributed by atoms with E-state index < -0.39 is 5.91 Å². The molecule has 2 amide bonds. The summed E-state index contributed by atoms with van der Waals surface area (Å²) in [6, 6.07) is 9.58. The Morgan fingerprint density at radius 2 is 2.00 bits per heavy atom. The maximum atomic E-state index is 12.5. The van der Waals surface area contributed by atoms with Crippen molar-refractivity contribution in [2.45, 2.75) is 20.4 Å². The first-order valence-electron chi connectivity index (χ1n) is 9.30. The number of likely N-dealkylation sites (N-methyl/N-ethyl adjacent to an activating group) is 1. The average Bonchev–Trinajstić information content (AvgIpc) is 3.04. The van der Waals surface area contributed by atoms with Gasteiger partial charge in [-0.05, 0) is 26.0 Å². The lowest BCUT2D eigenvalue weighted by atomic mass is 10.1. The largest absolute Gasteiger partial charge is 0.383 e. The molecule has 0 radical (unpaired) electrons. The van der Waals surface area contributed by atoms with E-state index in [1.54, 1.807) is 18.1 Å². The first-order chi connectivity index (χ1) is 13.5. The van der Waals surface area contributed by atoms with Gasteiger partial charge in [0.05, 0.1) is 6.61 Å². The molecule has 0 fully saturated rings. The van der Waals surface area contributed by atoms with Crippen molar-refractivity contribution in [1.82, 2.24) is 14.8 Å². The molecule has 0 unspecified atom stereocenters. The Hall–Kier alpha value is -3.11. The van der Waals surface area contributed by atoms with E-state index in [1.165, 1.54) is 0 Å². The third-order valence-corrected chi connectivity index (χ3v) is 4.50. The van der Waals surface area contributed by atoms with Crippen LogP contribution in [0.2, 0.25) is 0 Å². The number of fused-ring (bicyclic) bond motifs is 1. The summed E-state index contributed by atoms with van der Waals surface area (Å²) in [5, 5.41) is 12.9. The van der Waals surface area contributed by atoms with E-state index in [0.717, 1.165) is 16.5 Å². The van der Waals surface area contributed by atoms with E-state index in [0.29, 0.717) is 26.2 Å². The fourth-order valence-electron chi connectivity index (χ4n) is 3.01. The van der Waals surface area contributed by atoms with Crippen molar-refractivity contribution in [1.29, 1.82) is 5.26 Å². The number of carbonyl (C=O) groups is 2. The molecule has 1 aromatic heterocycles. The van der Waals surface area contributed by atoms with Crippen LogP contribution in [0.1, 0.15) is 19.4 Å². The summed E-state index contributed by atoms with van der Waals surface area (Å²) < 4.78 is 6.76. The zero-order valence-electron chi connectivity index (χ0n) is 16.6. The number of benzene rings is 1. The predicted octanol–water partition coefficient (Wildman–Crippen LogP) is 2.18. The molecular formula is C21H26N4O3. The number of aromatic nitrogens is 1. The molecule has 148 valence electrons. The number of amides is 2. The molecule has 0 bridgehead atoms. The number of ether oxygens (including phenoxy) is 1. The third-order valence-electron chi connectivity index (χ3n) is 4.50. The molecule has 2 aromatic rings. The van der Waals surface area contributed by atoms with Crippen molar-refractivity contribution >= 4 is 28.8 Å². The summed E-state index contributed by atoms with van der Waals surface area (Å²) in [6.07, 6.45) is 3.37. The van der Waals surface area contributed by atoms with Crippen LogP contribution < -0.4 is 5.32 Å². The van der Waals surface area contributed by atoms with E-state index in [4.69, 9.17) is 4.74 Å². The number of nitrogens with one attached hydrogen (secondary N) is 1. The van der Waals surface area contributed by atoms with Gasteiger partial charge in [0.25, 0.3) is 5.91 Å². The highest BCUT2D eigenvalue weighted by atomic mass is 16.5.